The van der Waals surface area contributed by atoms with Crippen LogP contribution >= 0.6 is 0 Å². The fraction of sp³-hybridized carbons (Fsp3) is 0.667. The van der Waals surface area contributed by atoms with Crippen LogP contribution in [0, 0.1) is 0 Å². The minimum absolute atomic E-state index is 0.0193. The Balaban J connectivity index is 3.71. The molecule has 0 heterocycles. The lowest BCUT2D eigenvalue weighted by atomic mass is 10.3. The van der Waals surface area contributed by atoms with Gasteiger partial charge in [-0.1, -0.05) is 0 Å². The van der Waals surface area contributed by atoms with E-state index in [1.165, 1.54) is 7.05 Å². The third-order valence-corrected chi connectivity index (χ3v) is 1.13. The molecule has 7 N–H and O–H groups in total. The highest BCUT2D eigenvalue weighted by molar-refractivity contribution is 5.81. The second-order valence-corrected chi connectivity index (χ2v) is 2.50. The summed E-state index contributed by atoms with van der Waals surface area (Å²) in [6.07, 6.45) is -0.0849. The second kappa shape index (κ2) is 4.75. The summed E-state index contributed by atoms with van der Waals surface area (Å²) in [7, 11) is 1.47. The standard InChI is InChI=1S/C6H14N4O3/c1-10-4(11)2-3-5(12)13-6(7,8)9/h2-3,7-9H2,1H3,(H,10,11). The fourth-order valence-electron chi connectivity index (χ4n) is 0.589. The van der Waals surface area contributed by atoms with Crippen molar-refractivity contribution in [3.05, 3.63) is 0 Å². The summed E-state index contributed by atoms with van der Waals surface area (Å²) in [5, 5.41) is 2.34. The third-order valence-electron chi connectivity index (χ3n) is 1.13. The zero-order valence-corrected chi connectivity index (χ0v) is 7.37. The van der Waals surface area contributed by atoms with Gasteiger partial charge in [0.05, 0.1) is 6.42 Å². The van der Waals surface area contributed by atoms with Crippen molar-refractivity contribution in [2.45, 2.75) is 18.8 Å². The normalized spacial score (nSPS) is 10.8. The average molecular weight is 190 g/mol. The second-order valence-electron chi connectivity index (χ2n) is 2.50. The summed E-state index contributed by atoms with van der Waals surface area (Å²) < 4.78 is 4.35. The van der Waals surface area contributed by atoms with Crippen molar-refractivity contribution < 1.29 is 14.3 Å². The first kappa shape index (κ1) is 11.8. The van der Waals surface area contributed by atoms with Gasteiger partial charge >= 0.3 is 5.97 Å². The molecule has 0 aromatic heterocycles. The molecule has 0 aliphatic rings. The van der Waals surface area contributed by atoms with Crippen LogP contribution in [0.2, 0.25) is 0 Å². The van der Waals surface area contributed by atoms with Crippen LogP contribution in [0.1, 0.15) is 12.8 Å². The van der Waals surface area contributed by atoms with Gasteiger partial charge in [0.15, 0.2) is 0 Å². The molecule has 1 amide bonds. The van der Waals surface area contributed by atoms with Gasteiger partial charge in [-0.3, -0.25) is 26.8 Å². The van der Waals surface area contributed by atoms with Crippen LogP contribution in [0.3, 0.4) is 0 Å². The third kappa shape index (κ3) is 7.19. The van der Waals surface area contributed by atoms with E-state index < -0.39 is 11.9 Å². The Bertz CT molecular complexity index is 199. The molecule has 7 heteroatoms. The van der Waals surface area contributed by atoms with Crippen molar-refractivity contribution in [3.8, 4) is 0 Å². The van der Waals surface area contributed by atoms with Crippen LogP contribution < -0.4 is 22.5 Å². The number of rotatable bonds is 4. The molecular weight excluding hydrogens is 176 g/mol. The zero-order valence-electron chi connectivity index (χ0n) is 7.37. The monoisotopic (exact) mass is 190 g/mol. The molecule has 0 saturated heterocycles. The Morgan fingerprint density at radius 3 is 2.23 bits per heavy atom. The van der Waals surface area contributed by atoms with Gasteiger partial charge < -0.3 is 10.1 Å². The molecule has 0 saturated carbocycles. The number of esters is 1. The van der Waals surface area contributed by atoms with Gasteiger partial charge in [0.2, 0.25) is 5.91 Å². The molecule has 0 radical (unpaired) electrons. The van der Waals surface area contributed by atoms with Gasteiger partial charge in [-0.25, -0.2) is 0 Å². The molecule has 0 atom stereocenters. The van der Waals surface area contributed by atoms with Gasteiger partial charge in [0.1, 0.15) is 0 Å². The minimum Gasteiger partial charge on any atom is -0.416 e. The zero-order chi connectivity index (χ0) is 10.5. The topological polar surface area (TPSA) is 133 Å². The number of carbonyl (C=O) groups excluding carboxylic acids is 2. The maximum Gasteiger partial charge on any atom is 0.310 e. The van der Waals surface area contributed by atoms with Crippen molar-refractivity contribution in [2.24, 2.45) is 17.2 Å². The highest BCUT2D eigenvalue weighted by Gasteiger charge is 2.18. The van der Waals surface area contributed by atoms with Crippen molar-refractivity contribution in [3.63, 3.8) is 0 Å². The maximum absolute atomic E-state index is 10.8. The van der Waals surface area contributed by atoms with Crippen molar-refractivity contribution in [1.29, 1.82) is 0 Å². The van der Waals surface area contributed by atoms with Crippen molar-refractivity contribution >= 4 is 11.9 Å². The predicted octanol–water partition coefficient (Wildman–Crippen LogP) is -2.46. The van der Waals surface area contributed by atoms with Crippen LogP contribution in [-0.4, -0.2) is 24.9 Å². The summed E-state index contributed by atoms with van der Waals surface area (Å²) in [4.78, 5) is 21.5. The molecule has 7 nitrogen and oxygen atoms in total. The number of hydrogen-bond acceptors (Lipinski definition) is 6. The van der Waals surface area contributed by atoms with Crippen LogP contribution in [0.25, 0.3) is 0 Å². The van der Waals surface area contributed by atoms with Crippen molar-refractivity contribution in [1.82, 2.24) is 5.32 Å². The summed E-state index contributed by atoms with van der Waals surface area (Å²) in [6, 6.07) is 0. The number of ether oxygens (including phenoxy) is 1. The molecule has 0 rings (SSSR count). The number of nitrogens with two attached hydrogens (primary N) is 3. The van der Waals surface area contributed by atoms with Gasteiger partial charge in [-0.2, -0.15) is 0 Å². The molecule has 0 unspecified atom stereocenters. The number of hydrogen-bond donors (Lipinski definition) is 4. The first-order valence-electron chi connectivity index (χ1n) is 3.64. The van der Waals surface area contributed by atoms with Gasteiger partial charge in [0, 0.05) is 13.5 Å². The lowest BCUT2D eigenvalue weighted by Gasteiger charge is -2.18. The van der Waals surface area contributed by atoms with Gasteiger partial charge in [-0.05, 0) is 0 Å². The van der Waals surface area contributed by atoms with Crippen molar-refractivity contribution in [2.75, 3.05) is 7.05 Å². The molecule has 0 aromatic carbocycles. The highest BCUT2D eigenvalue weighted by atomic mass is 16.6. The van der Waals surface area contributed by atoms with E-state index in [2.05, 4.69) is 10.1 Å². The number of carbonyl (C=O) groups is 2. The first-order valence-corrected chi connectivity index (χ1v) is 3.64. The quantitative estimate of drug-likeness (QED) is 0.287. The molecule has 13 heavy (non-hydrogen) atoms. The summed E-state index contributed by atoms with van der Waals surface area (Å²) >= 11 is 0. The summed E-state index contributed by atoms with van der Waals surface area (Å²) in [5.41, 5.74) is 15.0. The summed E-state index contributed by atoms with van der Waals surface area (Å²) in [5.74, 6) is -2.95. The summed E-state index contributed by atoms with van der Waals surface area (Å²) in [6.45, 7) is 0. The minimum atomic E-state index is -1.97. The molecule has 0 aromatic rings. The lowest BCUT2D eigenvalue weighted by Crippen LogP contribution is -2.61. The van der Waals surface area contributed by atoms with E-state index in [1.807, 2.05) is 0 Å². The molecular formula is C6H14N4O3. The van der Waals surface area contributed by atoms with E-state index in [9.17, 15) is 9.59 Å². The molecule has 0 aliphatic heterocycles. The number of nitrogens with one attached hydrogen (secondary N) is 1. The van der Waals surface area contributed by atoms with E-state index in [-0.39, 0.29) is 18.7 Å². The Morgan fingerprint density at radius 1 is 1.31 bits per heavy atom. The Hall–Kier alpha value is -1.18. The predicted molar refractivity (Wildman–Crippen MR) is 44.7 cm³/mol. The number of amides is 1. The largest absolute Gasteiger partial charge is 0.416 e. The van der Waals surface area contributed by atoms with Gasteiger partial charge in [0.25, 0.3) is 5.97 Å². The fourth-order valence-corrected chi connectivity index (χ4v) is 0.589. The van der Waals surface area contributed by atoms with Crippen LogP contribution in [0.4, 0.5) is 0 Å². The SMILES string of the molecule is CNC(=O)CCC(=O)OC(N)(N)N. The highest BCUT2D eigenvalue weighted by Crippen LogP contribution is 1.95. The molecule has 0 aliphatic carbocycles. The van der Waals surface area contributed by atoms with Gasteiger partial charge in [-0.15, -0.1) is 0 Å². The molecule has 0 spiro atoms. The smallest absolute Gasteiger partial charge is 0.310 e. The Morgan fingerprint density at radius 2 is 1.85 bits per heavy atom. The van der Waals surface area contributed by atoms with E-state index in [0.717, 1.165) is 0 Å². The van der Waals surface area contributed by atoms with E-state index in [1.54, 1.807) is 0 Å². The maximum atomic E-state index is 10.8. The van der Waals surface area contributed by atoms with E-state index >= 15 is 0 Å². The average Bonchev–Trinajstić information content (AvgIpc) is 1.97. The Labute approximate surface area is 75.6 Å². The van der Waals surface area contributed by atoms with Crippen LogP contribution in [-0.2, 0) is 14.3 Å². The molecule has 0 fully saturated rings. The Kier molecular flexibility index (Phi) is 4.32. The molecule has 0 bridgehead atoms. The van der Waals surface area contributed by atoms with E-state index in [0.29, 0.717) is 0 Å². The van der Waals surface area contributed by atoms with Crippen LogP contribution in [0.5, 0.6) is 0 Å². The van der Waals surface area contributed by atoms with E-state index in [4.69, 9.17) is 17.2 Å². The van der Waals surface area contributed by atoms with Crippen LogP contribution in [0.15, 0.2) is 0 Å². The lowest BCUT2D eigenvalue weighted by molar-refractivity contribution is -0.159. The first-order chi connectivity index (χ1) is 5.85. The molecule has 76 valence electrons.